The van der Waals surface area contributed by atoms with E-state index in [1.807, 2.05) is 0 Å². The minimum atomic E-state index is -1.24. The van der Waals surface area contributed by atoms with Gasteiger partial charge in [-0.25, -0.2) is 0 Å². The number of aliphatic hydroxyl groups excluding tert-OH is 1. The molecular formula is C17H30N4O5. The Morgan fingerprint density at radius 1 is 0.654 bits per heavy atom. The van der Waals surface area contributed by atoms with Crippen LogP contribution in [0, 0.1) is 11.8 Å². The fraction of sp³-hybridized carbons (Fsp3) is 0.765. The van der Waals surface area contributed by atoms with Crippen molar-refractivity contribution in [2.24, 2.45) is 11.8 Å². The summed E-state index contributed by atoms with van der Waals surface area (Å²) in [7, 11) is 0. The molecule has 0 aromatic rings. The van der Waals surface area contributed by atoms with Gasteiger partial charge in [0.2, 0.25) is 23.6 Å². The molecule has 9 heteroatoms. The molecule has 0 aliphatic carbocycles. The predicted molar refractivity (Wildman–Crippen MR) is 94.8 cm³/mol. The van der Waals surface area contributed by atoms with Gasteiger partial charge in [-0.1, -0.05) is 27.7 Å². The van der Waals surface area contributed by atoms with Crippen molar-refractivity contribution < 1.29 is 24.3 Å². The lowest BCUT2D eigenvalue weighted by Crippen LogP contribution is -2.64. The number of carbonyl (C=O) groups excluding carboxylic acids is 4. The zero-order valence-corrected chi connectivity index (χ0v) is 16.1. The maximum atomic E-state index is 12.6. The molecule has 1 fully saturated rings. The van der Waals surface area contributed by atoms with Crippen LogP contribution in [0.15, 0.2) is 0 Å². The lowest BCUT2D eigenvalue weighted by Gasteiger charge is -2.31. The van der Waals surface area contributed by atoms with Gasteiger partial charge in [-0.3, -0.25) is 19.2 Å². The molecule has 5 N–H and O–H groups in total. The van der Waals surface area contributed by atoms with Crippen molar-refractivity contribution in [1.82, 2.24) is 21.3 Å². The van der Waals surface area contributed by atoms with Crippen LogP contribution in [-0.4, -0.2) is 59.0 Å². The molecule has 1 heterocycles. The quantitative estimate of drug-likeness (QED) is 0.418. The summed E-state index contributed by atoms with van der Waals surface area (Å²) in [5, 5.41) is 20.0. The standard InChI is InChI=1S/C17H30N4O5/c1-7(2)11-15(24)18-9(5)14(23)21-13(10(6)22)17(26)20-12(8(3)4)16(25)19-11/h7-13,22H,1-6H3,(H,18,24)(H,19,25)(H,20,26)(H,21,23)/t9-,10+,11-,12-,13-/m0/s1. The lowest BCUT2D eigenvalue weighted by atomic mass is 9.98. The molecule has 0 aromatic carbocycles. The van der Waals surface area contributed by atoms with E-state index in [1.54, 1.807) is 27.7 Å². The summed E-state index contributed by atoms with van der Waals surface area (Å²) in [5.41, 5.74) is 0. The first-order valence-electron chi connectivity index (χ1n) is 8.85. The SMILES string of the molecule is CC(C)[C@@H]1NC(=O)[C@H](C(C)C)NC(=O)[C@H]([C@@H](C)O)NC(=O)[C@H](C)NC1=O. The number of amides is 4. The second-order valence-electron chi connectivity index (χ2n) is 7.42. The van der Waals surface area contributed by atoms with Gasteiger partial charge >= 0.3 is 0 Å². The maximum Gasteiger partial charge on any atom is 0.245 e. The number of carbonyl (C=O) groups is 4. The van der Waals surface area contributed by atoms with Crippen LogP contribution in [0.1, 0.15) is 41.5 Å². The van der Waals surface area contributed by atoms with Crippen LogP contribution in [0.3, 0.4) is 0 Å². The molecule has 1 aliphatic heterocycles. The van der Waals surface area contributed by atoms with E-state index in [9.17, 15) is 24.3 Å². The fourth-order valence-electron chi connectivity index (χ4n) is 2.61. The van der Waals surface area contributed by atoms with Crippen LogP contribution >= 0.6 is 0 Å². The Kier molecular flexibility index (Phi) is 7.55. The van der Waals surface area contributed by atoms with Crippen molar-refractivity contribution in [3.63, 3.8) is 0 Å². The Morgan fingerprint density at radius 3 is 1.38 bits per heavy atom. The maximum absolute atomic E-state index is 12.6. The second-order valence-corrected chi connectivity index (χ2v) is 7.42. The molecule has 0 radical (unpaired) electrons. The van der Waals surface area contributed by atoms with Gasteiger partial charge in [0.25, 0.3) is 0 Å². The van der Waals surface area contributed by atoms with E-state index in [1.165, 1.54) is 13.8 Å². The molecular weight excluding hydrogens is 340 g/mol. The van der Waals surface area contributed by atoms with E-state index in [0.29, 0.717) is 0 Å². The zero-order valence-electron chi connectivity index (χ0n) is 16.1. The van der Waals surface area contributed by atoms with Gasteiger partial charge in [0.1, 0.15) is 24.2 Å². The molecule has 5 atom stereocenters. The molecule has 0 spiro atoms. The third-order valence-electron chi connectivity index (χ3n) is 4.31. The van der Waals surface area contributed by atoms with Crippen LogP contribution in [0.25, 0.3) is 0 Å². The van der Waals surface area contributed by atoms with E-state index >= 15 is 0 Å². The average molecular weight is 370 g/mol. The molecule has 1 aliphatic rings. The normalized spacial score (nSPS) is 29.9. The molecule has 1 rings (SSSR count). The van der Waals surface area contributed by atoms with Crippen molar-refractivity contribution in [3.05, 3.63) is 0 Å². The summed E-state index contributed by atoms with van der Waals surface area (Å²) in [6, 6.07) is -3.93. The first-order valence-corrected chi connectivity index (χ1v) is 8.85. The van der Waals surface area contributed by atoms with E-state index < -0.39 is 53.9 Å². The Bertz CT molecular complexity index is 555. The number of hydrogen-bond donors (Lipinski definition) is 5. The minimum Gasteiger partial charge on any atom is -0.391 e. The summed E-state index contributed by atoms with van der Waals surface area (Å²) < 4.78 is 0. The first kappa shape index (κ1) is 21.9. The number of hydrogen-bond acceptors (Lipinski definition) is 5. The second kappa shape index (κ2) is 8.98. The highest BCUT2D eigenvalue weighted by Crippen LogP contribution is 2.09. The van der Waals surface area contributed by atoms with Gasteiger partial charge in [0, 0.05) is 0 Å². The zero-order chi connectivity index (χ0) is 20.2. The summed E-state index contributed by atoms with van der Waals surface area (Å²) in [5.74, 6) is -2.73. The predicted octanol–water partition coefficient (Wildman–Crippen LogP) is -1.35. The van der Waals surface area contributed by atoms with Gasteiger partial charge in [0.05, 0.1) is 6.10 Å². The fourth-order valence-corrected chi connectivity index (χ4v) is 2.61. The molecule has 0 bridgehead atoms. The van der Waals surface area contributed by atoms with Crippen molar-refractivity contribution in [2.75, 3.05) is 0 Å². The van der Waals surface area contributed by atoms with Crippen LogP contribution in [0.2, 0.25) is 0 Å². The van der Waals surface area contributed by atoms with Crippen molar-refractivity contribution in [3.8, 4) is 0 Å². The molecule has 0 saturated carbocycles. The Hall–Kier alpha value is -2.16. The van der Waals surface area contributed by atoms with E-state index in [0.717, 1.165) is 0 Å². The van der Waals surface area contributed by atoms with Crippen molar-refractivity contribution in [1.29, 1.82) is 0 Å². The molecule has 4 amide bonds. The van der Waals surface area contributed by atoms with Gasteiger partial charge in [0.15, 0.2) is 0 Å². The molecule has 1 saturated heterocycles. The third-order valence-corrected chi connectivity index (χ3v) is 4.31. The van der Waals surface area contributed by atoms with Crippen molar-refractivity contribution in [2.45, 2.75) is 71.8 Å². The van der Waals surface area contributed by atoms with Crippen molar-refractivity contribution >= 4 is 23.6 Å². The van der Waals surface area contributed by atoms with Crippen LogP contribution in [0.5, 0.6) is 0 Å². The summed E-state index contributed by atoms with van der Waals surface area (Å²) in [6.45, 7) is 9.86. The van der Waals surface area contributed by atoms with E-state index in [4.69, 9.17) is 0 Å². The highest BCUT2D eigenvalue weighted by molar-refractivity contribution is 5.97. The number of rotatable bonds is 3. The van der Waals surface area contributed by atoms with E-state index in [-0.39, 0.29) is 11.8 Å². The lowest BCUT2D eigenvalue weighted by molar-refractivity contribution is -0.139. The summed E-state index contributed by atoms with van der Waals surface area (Å²) >= 11 is 0. The van der Waals surface area contributed by atoms with Gasteiger partial charge in [-0.2, -0.15) is 0 Å². The highest BCUT2D eigenvalue weighted by atomic mass is 16.3. The summed E-state index contributed by atoms with van der Waals surface area (Å²) in [6.07, 6.45) is -1.18. The summed E-state index contributed by atoms with van der Waals surface area (Å²) in [4.78, 5) is 49.9. The van der Waals surface area contributed by atoms with Crippen LogP contribution in [-0.2, 0) is 19.2 Å². The average Bonchev–Trinajstić information content (AvgIpc) is 2.52. The molecule has 0 aromatic heterocycles. The Morgan fingerprint density at radius 2 is 1.00 bits per heavy atom. The topological polar surface area (TPSA) is 137 Å². The van der Waals surface area contributed by atoms with Crippen LogP contribution < -0.4 is 21.3 Å². The van der Waals surface area contributed by atoms with Gasteiger partial charge in [-0.05, 0) is 25.7 Å². The van der Waals surface area contributed by atoms with Gasteiger partial charge in [-0.15, -0.1) is 0 Å². The van der Waals surface area contributed by atoms with E-state index in [2.05, 4.69) is 21.3 Å². The molecule has 9 nitrogen and oxygen atoms in total. The largest absolute Gasteiger partial charge is 0.391 e. The number of nitrogens with one attached hydrogen (secondary N) is 4. The first-order chi connectivity index (χ1) is 12.0. The third kappa shape index (κ3) is 5.42. The Balaban J connectivity index is 3.25. The van der Waals surface area contributed by atoms with Crippen LogP contribution in [0.4, 0.5) is 0 Å². The molecule has 26 heavy (non-hydrogen) atoms. The molecule has 148 valence electrons. The van der Waals surface area contributed by atoms with Gasteiger partial charge < -0.3 is 26.4 Å². The minimum absolute atomic E-state index is 0.217. The highest BCUT2D eigenvalue weighted by Gasteiger charge is 2.36. The smallest absolute Gasteiger partial charge is 0.245 e. The monoisotopic (exact) mass is 370 g/mol. The Labute approximate surface area is 153 Å². The molecule has 0 unspecified atom stereocenters. The number of aliphatic hydroxyl groups is 1.